The molecule has 2 rings (SSSR count). The molecule has 0 aromatic carbocycles. The first kappa shape index (κ1) is 12.4. The van der Waals surface area contributed by atoms with Gasteiger partial charge in [0.15, 0.2) is 0 Å². The summed E-state index contributed by atoms with van der Waals surface area (Å²) in [6.07, 6.45) is 2.71. The summed E-state index contributed by atoms with van der Waals surface area (Å²) in [7, 11) is 0. The number of hydrogen-bond acceptors (Lipinski definition) is 3. The fraction of sp³-hybridized carbons (Fsp3) is 0.833. The van der Waals surface area contributed by atoms with Gasteiger partial charge in [-0.15, -0.1) is 0 Å². The van der Waals surface area contributed by atoms with Crippen LogP contribution < -0.4 is 11.1 Å². The standard InChI is InChI=1S/C12H21N3O2/c1-2-15-7-9(5-11(15)16)12(17)14-6-10(13)8-3-4-8/h8-10H,2-7,13H2,1H3,(H,14,17). The molecule has 17 heavy (non-hydrogen) atoms. The number of nitrogens with one attached hydrogen (secondary N) is 1. The van der Waals surface area contributed by atoms with Crippen LogP contribution in [-0.4, -0.2) is 42.4 Å². The molecule has 5 nitrogen and oxygen atoms in total. The second-order valence-electron chi connectivity index (χ2n) is 5.08. The minimum Gasteiger partial charge on any atom is -0.354 e. The van der Waals surface area contributed by atoms with Crippen molar-refractivity contribution in [2.24, 2.45) is 17.6 Å². The summed E-state index contributed by atoms with van der Waals surface area (Å²) in [5, 5.41) is 2.87. The van der Waals surface area contributed by atoms with Crippen LogP contribution in [0.5, 0.6) is 0 Å². The van der Waals surface area contributed by atoms with Gasteiger partial charge < -0.3 is 16.0 Å². The molecular weight excluding hydrogens is 218 g/mol. The third kappa shape index (κ3) is 2.97. The van der Waals surface area contributed by atoms with E-state index in [2.05, 4.69) is 5.32 Å². The van der Waals surface area contributed by atoms with E-state index in [9.17, 15) is 9.59 Å². The molecule has 2 amide bonds. The van der Waals surface area contributed by atoms with Crippen LogP contribution in [0.1, 0.15) is 26.2 Å². The van der Waals surface area contributed by atoms with Crippen molar-refractivity contribution in [3.63, 3.8) is 0 Å². The minimum absolute atomic E-state index is 0.0228. The minimum atomic E-state index is -0.186. The van der Waals surface area contributed by atoms with E-state index < -0.39 is 0 Å². The Morgan fingerprint density at radius 2 is 2.29 bits per heavy atom. The quantitative estimate of drug-likeness (QED) is 0.692. The van der Waals surface area contributed by atoms with E-state index in [1.807, 2.05) is 6.92 Å². The highest BCUT2D eigenvalue weighted by Crippen LogP contribution is 2.31. The molecule has 5 heteroatoms. The molecule has 0 aromatic heterocycles. The van der Waals surface area contributed by atoms with Crippen molar-refractivity contribution in [3.8, 4) is 0 Å². The lowest BCUT2D eigenvalue weighted by Gasteiger charge is -2.15. The normalized spacial score (nSPS) is 26.1. The number of likely N-dealkylation sites (tertiary alicyclic amines) is 1. The van der Waals surface area contributed by atoms with Gasteiger partial charge in [0.2, 0.25) is 11.8 Å². The molecular formula is C12H21N3O2. The molecule has 96 valence electrons. The summed E-state index contributed by atoms with van der Waals surface area (Å²) in [6, 6.07) is 0.0818. The van der Waals surface area contributed by atoms with E-state index in [1.165, 1.54) is 12.8 Å². The first-order chi connectivity index (χ1) is 8.11. The van der Waals surface area contributed by atoms with Crippen LogP contribution in [0.15, 0.2) is 0 Å². The maximum Gasteiger partial charge on any atom is 0.225 e. The van der Waals surface area contributed by atoms with Gasteiger partial charge in [0.1, 0.15) is 0 Å². The topological polar surface area (TPSA) is 75.4 Å². The largest absolute Gasteiger partial charge is 0.354 e. The first-order valence-corrected chi connectivity index (χ1v) is 6.43. The molecule has 2 unspecified atom stereocenters. The predicted octanol–water partition coefficient (Wildman–Crippen LogP) is -0.292. The fourth-order valence-electron chi connectivity index (χ4n) is 2.31. The predicted molar refractivity (Wildman–Crippen MR) is 64.1 cm³/mol. The molecule has 2 atom stereocenters. The van der Waals surface area contributed by atoms with Crippen molar-refractivity contribution in [2.45, 2.75) is 32.2 Å². The number of amides is 2. The molecule has 1 saturated heterocycles. The van der Waals surface area contributed by atoms with E-state index in [1.54, 1.807) is 4.90 Å². The van der Waals surface area contributed by atoms with Crippen LogP contribution in [0, 0.1) is 11.8 Å². The Morgan fingerprint density at radius 1 is 1.59 bits per heavy atom. The molecule has 1 aliphatic heterocycles. The second-order valence-corrected chi connectivity index (χ2v) is 5.08. The number of hydrogen-bond donors (Lipinski definition) is 2. The molecule has 2 fully saturated rings. The summed E-state index contributed by atoms with van der Waals surface area (Å²) in [5.41, 5.74) is 5.91. The third-order valence-electron chi connectivity index (χ3n) is 3.71. The van der Waals surface area contributed by atoms with Gasteiger partial charge in [-0.25, -0.2) is 0 Å². The van der Waals surface area contributed by atoms with Crippen molar-refractivity contribution < 1.29 is 9.59 Å². The number of carbonyl (C=O) groups excluding carboxylic acids is 2. The molecule has 0 aromatic rings. The Hall–Kier alpha value is -1.10. The average Bonchev–Trinajstić information content (AvgIpc) is 3.09. The smallest absolute Gasteiger partial charge is 0.225 e. The van der Waals surface area contributed by atoms with Gasteiger partial charge in [0, 0.05) is 32.1 Å². The first-order valence-electron chi connectivity index (χ1n) is 6.43. The van der Waals surface area contributed by atoms with Gasteiger partial charge >= 0.3 is 0 Å². The lowest BCUT2D eigenvalue weighted by atomic mass is 10.1. The number of nitrogens with two attached hydrogens (primary N) is 1. The third-order valence-corrected chi connectivity index (χ3v) is 3.71. The van der Waals surface area contributed by atoms with E-state index in [0.29, 0.717) is 32.0 Å². The zero-order chi connectivity index (χ0) is 12.4. The Morgan fingerprint density at radius 3 is 2.82 bits per heavy atom. The zero-order valence-corrected chi connectivity index (χ0v) is 10.3. The molecule has 0 bridgehead atoms. The summed E-state index contributed by atoms with van der Waals surface area (Å²) >= 11 is 0. The summed E-state index contributed by atoms with van der Waals surface area (Å²) in [6.45, 7) is 3.71. The maximum atomic E-state index is 11.9. The molecule has 1 heterocycles. The molecule has 1 saturated carbocycles. The number of carbonyl (C=O) groups is 2. The highest BCUT2D eigenvalue weighted by atomic mass is 16.2. The van der Waals surface area contributed by atoms with Crippen LogP contribution in [0.4, 0.5) is 0 Å². The molecule has 0 spiro atoms. The Balaban J connectivity index is 1.74. The van der Waals surface area contributed by atoms with Crippen molar-refractivity contribution >= 4 is 11.8 Å². The second kappa shape index (κ2) is 5.04. The lowest BCUT2D eigenvalue weighted by Crippen LogP contribution is -2.41. The van der Waals surface area contributed by atoms with Gasteiger partial charge in [0.25, 0.3) is 0 Å². The number of rotatable bonds is 5. The van der Waals surface area contributed by atoms with E-state index in [-0.39, 0.29) is 23.8 Å². The van der Waals surface area contributed by atoms with Crippen LogP contribution in [-0.2, 0) is 9.59 Å². The highest BCUT2D eigenvalue weighted by Gasteiger charge is 2.34. The fourth-order valence-corrected chi connectivity index (χ4v) is 2.31. The van der Waals surface area contributed by atoms with Crippen LogP contribution >= 0.6 is 0 Å². The molecule has 1 aliphatic carbocycles. The van der Waals surface area contributed by atoms with Crippen LogP contribution in [0.3, 0.4) is 0 Å². The Kier molecular flexibility index (Phi) is 3.66. The summed E-state index contributed by atoms with van der Waals surface area (Å²) < 4.78 is 0. The van der Waals surface area contributed by atoms with Gasteiger partial charge in [-0.2, -0.15) is 0 Å². The zero-order valence-electron chi connectivity index (χ0n) is 10.3. The maximum absolute atomic E-state index is 11.9. The lowest BCUT2D eigenvalue weighted by molar-refractivity contribution is -0.128. The Bertz CT molecular complexity index is 315. The van der Waals surface area contributed by atoms with Crippen LogP contribution in [0.2, 0.25) is 0 Å². The highest BCUT2D eigenvalue weighted by molar-refractivity contribution is 5.89. The van der Waals surface area contributed by atoms with E-state index in [0.717, 1.165) is 0 Å². The van der Waals surface area contributed by atoms with E-state index >= 15 is 0 Å². The van der Waals surface area contributed by atoms with Gasteiger partial charge in [-0.1, -0.05) is 0 Å². The van der Waals surface area contributed by atoms with Gasteiger partial charge in [-0.3, -0.25) is 9.59 Å². The van der Waals surface area contributed by atoms with Crippen LogP contribution in [0.25, 0.3) is 0 Å². The van der Waals surface area contributed by atoms with Crippen molar-refractivity contribution in [1.29, 1.82) is 0 Å². The van der Waals surface area contributed by atoms with Crippen molar-refractivity contribution in [1.82, 2.24) is 10.2 Å². The molecule has 0 radical (unpaired) electrons. The summed E-state index contributed by atoms with van der Waals surface area (Å²) in [5.74, 6) is 0.464. The number of nitrogens with zero attached hydrogens (tertiary/aromatic N) is 1. The van der Waals surface area contributed by atoms with Crippen molar-refractivity contribution in [2.75, 3.05) is 19.6 Å². The SMILES string of the molecule is CCN1CC(C(=O)NCC(N)C2CC2)CC1=O. The van der Waals surface area contributed by atoms with Crippen molar-refractivity contribution in [3.05, 3.63) is 0 Å². The summed E-state index contributed by atoms with van der Waals surface area (Å²) in [4.78, 5) is 25.1. The Labute approximate surface area is 102 Å². The van der Waals surface area contributed by atoms with Gasteiger partial charge in [0.05, 0.1) is 5.92 Å². The molecule has 3 N–H and O–H groups in total. The monoisotopic (exact) mass is 239 g/mol. The molecule has 2 aliphatic rings. The van der Waals surface area contributed by atoms with E-state index in [4.69, 9.17) is 5.73 Å². The average molecular weight is 239 g/mol. The van der Waals surface area contributed by atoms with Gasteiger partial charge in [-0.05, 0) is 25.7 Å².